The fourth-order valence-corrected chi connectivity index (χ4v) is 6.80. The second kappa shape index (κ2) is 16.5. The van der Waals surface area contributed by atoms with Crippen LogP contribution in [0.3, 0.4) is 0 Å². The highest BCUT2D eigenvalue weighted by atomic mass is 16.7. The minimum absolute atomic E-state index is 0.00480. The molecule has 2 aromatic carbocycles. The number of carbonyl (C=O) groups is 2. The number of carboxylic acids is 1. The average Bonchev–Trinajstić information content (AvgIpc) is 3.71. The van der Waals surface area contributed by atoms with Crippen LogP contribution >= 0.6 is 0 Å². The van der Waals surface area contributed by atoms with E-state index in [-0.39, 0.29) is 31.1 Å². The van der Waals surface area contributed by atoms with Gasteiger partial charge in [-0.1, -0.05) is 49.2 Å². The molecule has 0 unspecified atom stereocenters. The van der Waals surface area contributed by atoms with E-state index in [9.17, 15) is 14.7 Å². The Bertz CT molecular complexity index is 1200. The lowest BCUT2D eigenvalue weighted by Gasteiger charge is -2.39. The predicted molar refractivity (Wildman–Crippen MR) is 169 cm³/mol. The molecule has 3 fully saturated rings. The molecule has 4 atom stereocenters. The number of anilines is 1. The number of aliphatic hydroxyl groups is 1. The summed E-state index contributed by atoms with van der Waals surface area (Å²) in [5, 5.41) is 21.3. The fourth-order valence-electron chi connectivity index (χ4n) is 6.80. The molecule has 3 aliphatic heterocycles. The van der Waals surface area contributed by atoms with Crippen LogP contribution in [0.25, 0.3) is 0 Å². The zero-order chi connectivity index (χ0) is 30.7. The number of likely N-dealkylation sites (tertiary alicyclic amines) is 2. The highest BCUT2D eigenvalue weighted by Gasteiger charge is 2.36. The average molecular weight is 608 g/mol. The van der Waals surface area contributed by atoms with Gasteiger partial charge in [0.1, 0.15) is 0 Å². The van der Waals surface area contributed by atoms with Crippen LogP contribution in [-0.2, 0) is 25.7 Å². The fraction of sp³-hybridized carbons (Fsp3) is 0.600. The van der Waals surface area contributed by atoms with E-state index in [1.807, 2.05) is 48.5 Å². The van der Waals surface area contributed by atoms with Crippen molar-refractivity contribution >= 4 is 17.6 Å². The van der Waals surface area contributed by atoms with Crippen molar-refractivity contribution in [1.82, 2.24) is 9.80 Å². The Labute approximate surface area is 261 Å². The number of aliphatic carboxylic acids is 1. The van der Waals surface area contributed by atoms with Gasteiger partial charge in [-0.05, 0) is 81.4 Å². The lowest BCUT2D eigenvalue weighted by atomic mass is 9.99. The summed E-state index contributed by atoms with van der Waals surface area (Å²) in [6.45, 7) is 5.55. The first-order valence-electron chi connectivity index (χ1n) is 16.6. The number of carboxylic acid groups (broad SMARTS) is 1. The third kappa shape index (κ3) is 9.59. The van der Waals surface area contributed by atoms with Gasteiger partial charge in [0.05, 0.1) is 18.8 Å². The summed E-state index contributed by atoms with van der Waals surface area (Å²) in [7, 11) is 0. The highest BCUT2D eigenvalue weighted by Crippen LogP contribution is 2.39. The van der Waals surface area contributed by atoms with Gasteiger partial charge in [0, 0.05) is 49.6 Å². The van der Waals surface area contributed by atoms with Crippen LogP contribution in [0.1, 0.15) is 99.7 Å². The number of hydrogen-bond acceptors (Lipinski definition) is 7. The summed E-state index contributed by atoms with van der Waals surface area (Å²) in [6.07, 6.45) is 8.71. The Kier molecular flexibility index (Phi) is 12.2. The van der Waals surface area contributed by atoms with E-state index >= 15 is 0 Å². The number of unbranched alkanes of at least 4 members (excludes halogenated alkanes) is 3. The van der Waals surface area contributed by atoms with Crippen LogP contribution in [-0.4, -0.2) is 76.8 Å². The van der Waals surface area contributed by atoms with Crippen molar-refractivity contribution in [2.24, 2.45) is 0 Å². The minimum atomic E-state index is -0.774. The standard InChI is InChI=1S/C35H49N3O6/c39-25-26-14-16-27(17-15-26)32-22-31(24-38-20-8-11-30(38)23-37-18-5-6-19-37)43-35(44-32)28-9-7-10-29(21-28)36-33(40)12-3-1-2-4-13-34(41)42/h7,9-10,14-17,21,30-32,35,39H,1-6,8,11-13,18-20,22-25H2,(H,36,40)(H,41,42)/t30-,31+,32-,35-/m0/s1. The molecule has 240 valence electrons. The first-order chi connectivity index (χ1) is 21.5. The van der Waals surface area contributed by atoms with Crippen LogP contribution in [0, 0.1) is 0 Å². The Morgan fingerprint density at radius 3 is 2.39 bits per heavy atom. The van der Waals surface area contributed by atoms with Gasteiger partial charge >= 0.3 is 5.97 Å². The van der Waals surface area contributed by atoms with Crippen molar-refractivity contribution < 1.29 is 29.3 Å². The quantitative estimate of drug-likeness (QED) is 0.223. The molecular weight excluding hydrogens is 558 g/mol. The van der Waals surface area contributed by atoms with Gasteiger partial charge in [0.25, 0.3) is 0 Å². The van der Waals surface area contributed by atoms with E-state index in [2.05, 4.69) is 15.1 Å². The van der Waals surface area contributed by atoms with Gasteiger partial charge in [0.2, 0.25) is 5.91 Å². The first kappa shape index (κ1) is 32.6. The Hall–Kier alpha value is -2.82. The van der Waals surface area contributed by atoms with E-state index in [0.717, 1.165) is 62.0 Å². The van der Waals surface area contributed by atoms with Gasteiger partial charge in [-0.2, -0.15) is 0 Å². The second-order valence-electron chi connectivity index (χ2n) is 12.6. The summed E-state index contributed by atoms with van der Waals surface area (Å²) in [5.41, 5.74) is 3.53. The molecule has 0 spiro atoms. The van der Waals surface area contributed by atoms with Crippen LogP contribution in [0.15, 0.2) is 48.5 Å². The molecule has 3 saturated heterocycles. The zero-order valence-electron chi connectivity index (χ0n) is 25.9. The maximum atomic E-state index is 12.6. The largest absolute Gasteiger partial charge is 0.481 e. The lowest BCUT2D eigenvalue weighted by molar-refractivity contribution is -0.253. The maximum Gasteiger partial charge on any atom is 0.303 e. The van der Waals surface area contributed by atoms with Crippen molar-refractivity contribution in [3.63, 3.8) is 0 Å². The number of carbonyl (C=O) groups excluding carboxylic acids is 1. The molecular formula is C35H49N3O6. The van der Waals surface area contributed by atoms with E-state index in [1.165, 1.54) is 38.8 Å². The second-order valence-corrected chi connectivity index (χ2v) is 12.6. The molecule has 0 aliphatic carbocycles. The Balaban J connectivity index is 1.23. The van der Waals surface area contributed by atoms with Crippen LogP contribution in [0.4, 0.5) is 5.69 Å². The predicted octanol–water partition coefficient (Wildman–Crippen LogP) is 5.65. The normalized spacial score (nSPS) is 24.5. The Morgan fingerprint density at radius 1 is 0.864 bits per heavy atom. The molecule has 1 amide bonds. The number of nitrogens with zero attached hydrogens (tertiary/aromatic N) is 2. The van der Waals surface area contributed by atoms with Crippen molar-refractivity contribution in [1.29, 1.82) is 0 Å². The van der Waals surface area contributed by atoms with Gasteiger partial charge in [-0.15, -0.1) is 0 Å². The van der Waals surface area contributed by atoms with Gasteiger partial charge < -0.3 is 29.9 Å². The number of benzene rings is 2. The van der Waals surface area contributed by atoms with E-state index in [1.54, 1.807) is 0 Å². The molecule has 0 bridgehead atoms. The number of ether oxygens (including phenoxy) is 2. The van der Waals surface area contributed by atoms with Crippen molar-refractivity contribution in [3.8, 4) is 0 Å². The molecule has 3 aliphatic rings. The summed E-state index contributed by atoms with van der Waals surface area (Å²) in [5.74, 6) is -0.827. The summed E-state index contributed by atoms with van der Waals surface area (Å²) >= 11 is 0. The van der Waals surface area contributed by atoms with Crippen LogP contribution < -0.4 is 5.32 Å². The third-order valence-electron chi connectivity index (χ3n) is 9.21. The van der Waals surface area contributed by atoms with Crippen molar-refractivity contribution in [3.05, 3.63) is 65.2 Å². The number of nitrogens with one attached hydrogen (secondary N) is 1. The number of aliphatic hydroxyl groups excluding tert-OH is 1. The summed E-state index contributed by atoms with van der Waals surface area (Å²) in [6, 6.07) is 16.3. The molecule has 2 aromatic rings. The highest BCUT2D eigenvalue weighted by molar-refractivity contribution is 5.90. The van der Waals surface area contributed by atoms with E-state index < -0.39 is 12.3 Å². The third-order valence-corrected chi connectivity index (χ3v) is 9.21. The molecule has 0 aromatic heterocycles. The molecule has 44 heavy (non-hydrogen) atoms. The van der Waals surface area contributed by atoms with Gasteiger partial charge in [-0.25, -0.2) is 0 Å². The maximum absolute atomic E-state index is 12.6. The number of rotatable bonds is 15. The molecule has 0 saturated carbocycles. The topological polar surface area (TPSA) is 112 Å². The molecule has 9 heteroatoms. The molecule has 9 nitrogen and oxygen atoms in total. The molecule has 3 heterocycles. The van der Waals surface area contributed by atoms with Crippen LogP contribution in [0.5, 0.6) is 0 Å². The smallest absolute Gasteiger partial charge is 0.303 e. The van der Waals surface area contributed by atoms with Gasteiger partial charge in [-0.3, -0.25) is 14.5 Å². The Morgan fingerprint density at radius 2 is 1.64 bits per heavy atom. The number of amides is 1. The lowest BCUT2D eigenvalue weighted by Crippen LogP contribution is -2.45. The van der Waals surface area contributed by atoms with E-state index in [4.69, 9.17) is 14.6 Å². The summed E-state index contributed by atoms with van der Waals surface area (Å²) in [4.78, 5) is 28.5. The van der Waals surface area contributed by atoms with Crippen molar-refractivity contribution in [2.45, 2.75) is 102 Å². The van der Waals surface area contributed by atoms with E-state index in [0.29, 0.717) is 24.6 Å². The first-order valence-corrected chi connectivity index (χ1v) is 16.6. The summed E-state index contributed by atoms with van der Waals surface area (Å²) < 4.78 is 13.2. The molecule has 0 radical (unpaired) electrons. The van der Waals surface area contributed by atoms with Crippen LogP contribution in [0.2, 0.25) is 0 Å². The molecule has 3 N–H and O–H groups in total. The monoisotopic (exact) mass is 607 g/mol. The molecule has 5 rings (SSSR count). The number of hydrogen-bond donors (Lipinski definition) is 3. The van der Waals surface area contributed by atoms with Crippen molar-refractivity contribution in [2.75, 3.05) is 38.0 Å². The SMILES string of the molecule is O=C(O)CCCCCCC(=O)Nc1cccc([C@H]2O[C@@H](CN3CCC[C@H]3CN3CCCC3)C[C@@H](c3ccc(CO)cc3)O2)c1. The van der Waals surface area contributed by atoms with Gasteiger partial charge in [0.15, 0.2) is 6.29 Å². The zero-order valence-corrected chi connectivity index (χ0v) is 25.9. The minimum Gasteiger partial charge on any atom is -0.481 e.